The third-order valence-electron chi connectivity index (χ3n) is 3.47. The molecular weight excluding hydrogens is 230 g/mol. The van der Waals surface area contributed by atoms with Crippen LogP contribution in [0.5, 0.6) is 0 Å². The van der Waals surface area contributed by atoms with Crippen molar-refractivity contribution in [3.05, 3.63) is 65.2 Å². The SMILES string of the molecule is Cc1ccccc1CNc1ccccc1C(C)(C)C. The van der Waals surface area contributed by atoms with Gasteiger partial charge >= 0.3 is 0 Å². The van der Waals surface area contributed by atoms with Crippen molar-refractivity contribution >= 4 is 5.69 Å². The molecule has 0 fully saturated rings. The molecule has 0 aliphatic carbocycles. The second-order valence-corrected chi connectivity index (χ2v) is 6.08. The van der Waals surface area contributed by atoms with E-state index in [9.17, 15) is 0 Å². The van der Waals surface area contributed by atoms with Crippen LogP contribution in [0.1, 0.15) is 37.5 Å². The number of aryl methyl sites for hydroxylation is 1. The second kappa shape index (κ2) is 5.48. The molecule has 2 aromatic carbocycles. The normalized spacial score (nSPS) is 11.4. The van der Waals surface area contributed by atoms with Crippen LogP contribution >= 0.6 is 0 Å². The van der Waals surface area contributed by atoms with Crippen LogP contribution in [0.4, 0.5) is 5.69 Å². The van der Waals surface area contributed by atoms with Crippen molar-refractivity contribution in [3.8, 4) is 0 Å². The van der Waals surface area contributed by atoms with Crippen molar-refractivity contribution in [1.82, 2.24) is 0 Å². The summed E-state index contributed by atoms with van der Waals surface area (Å²) in [6.07, 6.45) is 0. The smallest absolute Gasteiger partial charge is 0.0403 e. The highest BCUT2D eigenvalue weighted by atomic mass is 14.9. The Kier molecular flexibility index (Phi) is 3.94. The van der Waals surface area contributed by atoms with Gasteiger partial charge in [0, 0.05) is 12.2 Å². The van der Waals surface area contributed by atoms with E-state index in [1.165, 1.54) is 22.4 Å². The van der Waals surface area contributed by atoms with Crippen LogP contribution in [0, 0.1) is 6.92 Å². The lowest BCUT2D eigenvalue weighted by atomic mass is 9.86. The predicted octanol–water partition coefficient (Wildman–Crippen LogP) is 4.90. The zero-order chi connectivity index (χ0) is 13.9. The minimum absolute atomic E-state index is 0.162. The van der Waals surface area contributed by atoms with E-state index in [-0.39, 0.29) is 5.41 Å². The molecule has 0 saturated heterocycles. The number of rotatable bonds is 3. The Morgan fingerprint density at radius 1 is 0.895 bits per heavy atom. The molecule has 2 aromatic rings. The standard InChI is InChI=1S/C18H23N/c1-14-9-5-6-10-15(14)13-19-17-12-8-7-11-16(17)18(2,3)4/h5-12,19H,13H2,1-4H3. The highest BCUT2D eigenvalue weighted by Crippen LogP contribution is 2.29. The molecule has 100 valence electrons. The van der Waals surface area contributed by atoms with E-state index >= 15 is 0 Å². The summed E-state index contributed by atoms with van der Waals surface area (Å²) < 4.78 is 0. The van der Waals surface area contributed by atoms with Crippen LogP contribution in [-0.4, -0.2) is 0 Å². The number of hydrogen-bond acceptors (Lipinski definition) is 1. The molecule has 0 atom stereocenters. The topological polar surface area (TPSA) is 12.0 Å². The number of hydrogen-bond donors (Lipinski definition) is 1. The summed E-state index contributed by atoms with van der Waals surface area (Å²) >= 11 is 0. The third kappa shape index (κ3) is 3.37. The van der Waals surface area contributed by atoms with Crippen LogP contribution in [-0.2, 0) is 12.0 Å². The Labute approximate surface area is 116 Å². The number of benzene rings is 2. The average molecular weight is 253 g/mol. The molecule has 0 radical (unpaired) electrons. The van der Waals surface area contributed by atoms with Crippen LogP contribution in [0.15, 0.2) is 48.5 Å². The maximum absolute atomic E-state index is 3.58. The van der Waals surface area contributed by atoms with E-state index in [0.29, 0.717) is 0 Å². The lowest BCUT2D eigenvalue weighted by molar-refractivity contribution is 0.591. The van der Waals surface area contributed by atoms with Gasteiger partial charge in [0.1, 0.15) is 0 Å². The highest BCUT2D eigenvalue weighted by Gasteiger charge is 2.17. The van der Waals surface area contributed by atoms with Crippen LogP contribution in [0.2, 0.25) is 0 Å². The van der Waals surface area contributed by atoms with Gasteiger partial charge in [-0.3, -0.25) is 0 Å². The molecule has 0 saturated carbocycles. The summed E-state index contributed by atoms with van der Waals surface area (Å²) in [5.74, 6) is 0. The van der Waals surface area contributed by atoms with Crippen molar-refractivity contribution in [1.29, 1.82) is 0 Å². The van der Waals surface area contributed by atoms with Gasteiger partial charge in [0.15, 0.2) is 0 Å². The summed E-state index contributed by atoms with van der Waals surface area (Å²) in [6, 6.07) is 17.1. The average Bonchev–Trinajstić information content (AvgIpc) is 2.37. The zero-order valence-corrected chi connectivity index (χ0v) is 12.3. The van der Waals surface area contributed by atoms with E-state index in [4.69, 9.17) is 0 Å². The number of anilines is 1. The molecule has 0 aromatic heterocycles. The van der Waals surface area contributed by atoms with Crippen LogP contribution < -0.4 is 5.32 Å². The summed E-state index contributed by atoms with van der Waals surface area (Å²) in [6.45, 7) is 9.79. The molecule has 19 heavy (non-hydrogen) atoms. The van der Waals surface area contributed by atoms with Gasteiger partial charge in [0.05, 0.1) is 0 Å². The lowest BCUT2D eigenvalue weighted by Crippen LogP contribution is -2.14. The fourth-order valence-corrected chi connectivity index (χ4v) is 2.29. The van der Waals surface area contributed by atoms with Crippen molar-refractivity contribution in [2.45, 2.75) is 39.7 Å². The summed E-state index contributed by atoms with van der Waals surface area (Å²) in [5.41, 5.74) is 5.45. The summed E-state index contributed by atoms with van der Waals surface area (Å²) in [7, 11) is 0. The van der Waals surface area contributed by atoms with Gasteiger partial charge in [-0.2, -0.15) is 0 Å². The first-order valence-corrected chi connectivity index (χ1v) is 6.86. The molecule has 0 bridgehead atoms. The quantitative estimate of drug-likeness (QED) is 0.820. The maximum atomic E-state index is 3.58. The summed E-state index contributed by atoms with van der Waals surface area (Å²) in [5, 5.41) is 3.58. The minimum atomic E-state index is 0.162. The monoisotopic (exact) mass is 253 g/mol. The molecule has 0 heterocycles. The molecular formula is C18H23N. The third-order valence-corrected chi connectivity index (χ3v) is 3.47. The number of para-hydroxylation sites is 1. The van der Waals surface area contributed by atoms with Crippen molar-refractivity contribution in [2.75, 3.05) is 5.32 Å². The van der Waals surface area contributed by atoms with Crippen LogP contribution in [0.3, 0.4) is 0 Å². The van der Waals surface area contributed by atoms with Gasteiger partial charge < -0.3 is 5.32 Å². The van der Waals surface area contributed by atoms with Gasteiger partial charge in [-0.15, -0.1) is 0 Å². The van der Waals surface area contributed by atoms with Gasteiger partial charge in [-0.25, -0.2) is 0 Å². The van der Waals surface area contributed by atoms with Crippen molar-refractivity contribution in [3.63, 3.8) is 0 Å². The molecule has 1 N–H and O–H groups in total. The molecule has 2 rings (SSSR count). The first kappa shape index (κ1) is 13.7. The van der Waals surface area contributed by atoms with Gasteiger partial charge in [-0.1, -0.05) is 63.2 Å². The van der Waals surface area contributed by atoms with E-state index < -0.39 is 0 Å². The Bertz CT molecular complexity index is 550. The lowest BCUT2D eigenvalue weighted by Gasteiger charge is -2.23. The molecule has 0 aliphatic rings. The fraction of sp³-hybridized carbons (Fsp3) is 0.333. The fourth-order valence-electron chi connectivity index (χ4n) is 2.29. The first-order valence-electron chi connectivity index (χ1n) is 6.86. The zero-order valence-electron chi connectivity index (χ0n) is 12.3. The second-order valence-electron chi connectivity index (χ2n) is 6.08. The predicted molar refractivity (Wildman–Crippen MR) is 83.6 cm³/mol. The first-order chi connectivity index (χ1) is 8.98. The van der Waals surface area contributed by atoms with Gasteiger partial charge in [-0.05, 0) is 35.1 Å². The molecule has 1 heteroatoms. The van der Waals surface area contributed by atoms with Gasteiger partial charge in [0.25, 0.3) is 0 Å². The Balaban J connectivity index is 2.19. The van der Waals surface area contributed by atoms with Crippen molar-refractivity contribution in [2.24, 2.45) is 0 Å². The molecule has 0 amide bonds. The Morgan fingerprint density at radius 3 is 2.21 bits per heavy atom. The minimum Gasteiger partial charge on any atom is -0.381 e. The van der Waals surface area contributed by atoms with Crippen molar-refractivity contribution < 1.29 is 0 Å². The Hall–Kier alpha value is -1.76. The molecule has 0 spiro atoms. The van der Waals surface area contributed by atoms with E-state index in [1.807, 2.05) is 0 Å². The van der Waals surface area contributed by atoms with Gasteiger partial charge in [0.2, 0.25) is 0 Å². The maximum Gasteiger partial charge on any atom is 0.0403 e. The highest BCUT2D eigenvalue weighted by molar-refractivity contribution is 5.54. The van der Waals surface area contributed by atoms with E-state index in [1.54, 1.807) is 0 Å². The number of nitrogens with one attached hydrogen (secondary N) is 1. The van der Waals surface area contributed by atoms with E-state index in [2.05, 4.69) is 81.5 Å². The largest absolute Gasteiger partial charge is 0.381 e. The van der Waals surface area contributed by atoms with E-state index in [0.717, 1.165) is 6.54 Å². The molecule has 1 nitrogen and oxygen atoms in total. The molecule has 0 aliphatic heterocycles. The summed E-state index contributed by atoms with van der Waals surface area (Å²) in [4.78, 5) is 0. The Morgan fingerprint density at radius 2 is 1.53 bits per heavy atom. The molecule has 0 unspecified atom stereocenters. The van der Waals surface area contributed by atoms with Crippen LogP contribution in [0.25, 0.3) is 0 Å².